The van der Waals surface area contributed by atoms with Gasteiger partial charge in [0.2, 0.25) is 0 Å². The number of hydrogen-bond acceptors (Lipinski definition) is 2. The molecule has 1 heterocycles. The van der Waals surface area contributed by atoms with E-state index in [1.54, 1.807) is 0 Å². The molecule has 2 nitrogen and oxygen atoms in total. The number of likely N-dealkylation sites (tertiary alicyclic amines) is 1. The molecule has 21 heavy (non-hydrogen) atoms. The van der Waals surface area contributed by atoms with Crippen molar-refractivity contribution in [1.82, 2.24) is 4.90 Å². The van der Waals surface area contributed by atoms with E-state index >= 15 is 0 Å². The molecule has 3 unspecified atom stereocenters. The largest absolute Gasteiger partial charge is 0.329 e. The van der Waals surface area contributed by atoms with Crippen LogP contribution in [0.3, 0.4) is 0 Å². The van der Waals surface area contributed by atoms with E-state index in [4.69, 9.17) is 5.73 Å². The third-order valence-corrected chi connectivity index (χ3v) is 5.24. The van der Waals surface area contributed by atoms with Crippen LogP contribution >= 0.6 is 0 Å². The zero-order chi connectivity index (χ0) is 15.1. The standard InChI is InChI=1S/C19H32N2/c1-3-17-8-7-12-21(13-11-17)19(15-20)14-16(2)18-9-5-4-6-10-18/h4-6,9-10,16-17,19H,3,7-8,11-15,20H2,1-2H3. The normalized spacial score (nSPS) is 23.5. The summed E-state index contributed by atoms with van der Waals surface area (Å²) in [4.78, 5) is 2.66. The van der Waals surface area contributed by atoms with Crippen molar-refractivity contribution in [3.8, 4) is 0 Å². The lowest BCUT2D eigenvalue weighted by atomic mass is 9.93. The Morgan fingerprint density at radius 3 is 2.62 bits per heavy atom. The molecule has 118 valence electrons. The van der Waals surface area contributed by atoms with Gasteiger partial charge in [0, 0.05) is 12.6 Å². The predicted molar refractivity (Wildman–Crippen MR) is 91.5 cm³/mol. The maximum absolute atomic E-state index is 6.11. The fourth-order valence-corrected chi connectivity index (χ4v) is 3.68. The molecule has 2 rings (SSSR count). The van der Waals surface area contributed by atoms with Gasteiger partial charge in [-0.25, -0.2) is 0 Å². The summed E-state index contributed by atoms with van der Waals surface area (Å²) in [6.45, 7) is 7.93. The average Bonchev–Trinajstić information content (AvgIpc) is 2.78. The molecule has 0 amide bonds. The Labute approximate surface area is 130 Å². The minimum absolute atomic E-state index is 0.538. The average molecular weight is 288 g/mol. The first kappa shape index (κ1) is 16.5. The van der Waals surface area contributed by atoms with E-state index < -0.39 is 0 Å². The van der Waals surface area contributed by atoms with E-state index in [0.29, 0.717) is 12.0 Å². The van der Waals surface area contributed by atoms with Crippen molar-refractivity contribution in [2.45, 2.75) is 57.9 Å². The van der Waals surface area contributed by atoms with Gasteiger partial charge in [0.1, 0.15) is 0 Å². The van der Waals surface area contributed by atoms with Crippen LogP contribution in [0.5, 0.6) is 0 Å². The van der Waals surface area contributed by atoms with E-state index in [2.05, 4.69) is 49.1 Å². The van der Waals surface area contributed by atoms with Crippen molar-refractivity contribution < 1.29 is 0 Å². The van der Waals surface area contributed by atoms with Gasteiger partial charge in [-0.1, -0.05) is 50.6 Å². The minimum atomic E-state index is 0.538. The van der Waals surface area contributed by atoms with Crippen LogP contribution in [0, 0.1) is 5.92 Å². The highest BCUT2D eigenvalue weighted by Gasteiger charge is 2.23. The van der Waals surface area contributed by atoms with Crippen molar-refractivity contribution in [2.24, 2.45) is 11.7 Å². The number of nitrogens with two attached hydrogens (primary N) is 1. The first-order chi connectivity index (χ1) is 10.2. The molecule has 0 aliphatic carbocycles. The summed E-state index contributed by atoms with van der Waals surface area (Å²) in [5.41, 5.74) is 7.55. The second-order valence-electron chi connectivity index (χ2n) is 6.68. The van der Waals surface area contributed by atoms with E-state index in [1.807, 2.05) is 0 Å². The van der Waals surface area contributed by atoms with E-state index in [0.717, 1.165) is 12.5 Å². The number of rotatable bonds is 6. The van der Waals surface area contributed by atoms with Gasteiger partial charge in [-0.05, 0) is 56.2 Å². The molecule has 1 aromatic rings. The van der Waals surface area contributed by atoms with Crippen molar-refractivity contribution >= 4 is 0 Å². The first-order valence-corrected chi connectivity index (χ1v) is 8.73. The monoisotopic (exact) mass is 288 g/mol. The first-order valence-electron chi connectivity index (χ1n) is 8.73. The quantitative estimate of drug-likeness (QED) is 0.856. The second kappa shape index (κ2) is 8.55. The smallest absolute Gasteiger partial charge is 0.0224 e. The van der Waals surface area contributed by atoms with Crippen molar-refractivity contribution in [2.75, 3.05) is 19.6 Å². The van der Waals surface area contributed by atoms with Gasteiger partial charge in [-0.15, -0.1) is 0 Å². The van der Waals surface area contributed by atoms with Gasteiger partial charge < -0.3 is 5.73 Å². The van der Waals surface area contributed by atoms with E-state index in [-0.39, 0.29) is 0 Å². The molecule has 0 bridgehead atoms. The molecule has 2 N–H and O–H groups in total. The Balaban J connectivity index is 1.93. The van der Waals surface area contributed by atoms with Crippen LogP contribution in [0.2, 0.25) is 0 Å². The fraction of sp³-hybridized carbons (Fsp3) is 0.684. The van der Waals surface area contributed by atoms with E-state index in [9.17, 15) is 0 Å². The van der Waals surface area contributed by atoms with Crippen molar-refractivity contribution in [3.63, 3.8) is 0 Å². The highest BCUT2D eigenvalue weighted by atomic mass is 15.2. The van der Waals surface area contributed by atoms with Crippen molar-refractivity contribution in [1.29, 1.82) is 0 Å². The predicted octanol–water partition coefficient (Wildman–Crippen LogP) is 4.02. The Morgan fingerprint density at radius 1 is 1.19 bits per heavy atom. The molecule has 1 aliphatic rings. The van der Waals surface area contributed by atoms with Crippen LogP contribution in [-0.2, 0) is 0 Å². The number of hydrogen-bond donors (Lipinski definition) is 1. The molecule has 1 aliphatic heterocycles. The topological polar surface area (TPSA) is 29.3 Å². The molecule has 2 heteroatoms. The molecule has 0 aromatic heterocycles. The van der Waals surface area contributed by atoms with Gasteiger partial charge in [-0.2, -0.15) is 0 Å². The van der Waals surface area contributed by atoms with Crippen LogP contribution in [0.1, 0.15) is 57.4 Å². The summed E-state index contributed by atoms with van der Waals surface area (Å²) < 4.78 is 0. The Kier molecular flexibility index (Phi) is 6.72. The van der Waals surface area contributed by atoms with Crippen LogP contribution in [0.25, 0.3) is 0 Å². The lowest BCUT2D eigenvalue weighted by Crippen LogP contribution is -2.42. The summed E-state index contributed by atoms with van der Waals surface area (Å²) in [5, 5.41) is 0. The van der Waals surface area contributed by atoms with Gasteiger partial charge in [0.25, 0.3) is 0 Å². The number of benzene rings is 1. The lowest BCUT2D eigenvalue weighted by Gasteiger charge is -2.32. The highest BCUT2D eigenvalue weighted by Crippen LogP contribution is 2.26. The Hall–Kier alpha value is -0.860. The molecule has 0 saturated carbocycles. The molecule has 1 aromatic carbocycles. The zero-order valence-electron chi connectivity index (χ0n) is 13.8. The van der Waals surface area contributed by atoms with Gasteiger partial charge in [0.15, 0.2) is 0 Å². The van der Waals surface area contributed by atoms with Crippen LogP contribution < -0.4 is 5.73 Å². The maximum Gasteiger partial charge on any atom is 0.0224 e. The molecule has 0 spiro atoms. The highest BCUT2D eigenvalue weighted by molar-refractivity contribution is 5.18. The summed E-state index contributed by atoms with van der Waals surface area (Å²) in [7, 11) is 0. The summed E-state index contributed by atoms with van der Waals surface area (Å²) in [6, 6.07) is 11.4. The SMILES string of the molecule is CCC1CCCN(C(CN)CC(C)c2ccccc2)CC1. The minimum Gasteiger partial charge on any atom is -0.329 e. The number of nitrogens with zero attached hydrogens (tertiary/aromatic N) is 1. The van der Waals surface area contributed by atoms with Crippen molar-refractivity contribution in [3.05, 3.63) is 35.9 Å². The Morgan fingerprint density at radius 2 is 1.95 bits per heavy atom. The van der Waals surface area contributed by atoms with Gasteiger partial charge >= 0.3 is 0 Å². The molecule has 1 saturated heterocycles. The lowest BCUT2D eigenvalue weighted by molar-refractivity contribution is 0.189. The molecule has 3 atom stereocenters. The fourth-order valence-electron chi connectivity index (χ4n) is 3.68. The third kappa shape index (κ3) is 4.82. The van der Waals surface area contributed by atoms with Gasteiger partial charge in [-0.3, -0.25) is 4.90 Å². The summed E-state index contributed by atoms with van der Waals surface area (Å²) in [6.07, 6.45) is 6.61. The van der Waals surface area contributed by atoms with E-state index in [1.165, 1.54) is 50.8 Å². The molecular formula is C19H32N2. The summed E-state index contributed by atoms with van der Waals surface area (Å²) in [5.74, 6) is 1.52. The van der Waals surface area contributed by atoms with Gasteiger partial charge in [0.05, 0.1) is 0 Å². The van der Waals surface area contributed by atoms with Crippen LogP contribution in [-0.4, -0.2) is 30.6 Å². The molecule has 1 fully saturated rings. The second-order valence-corrected chi connectivity index (χ2v) is 6.68. The summed E-state index contributed by atoms with van der Waals surface area (Å²) >= 11 is 0. The molecular weight excluding hydrogens is 256 g/mol. The zero-order valence-corrected chi connectivity index (χ0v) is 13.8. The Bertz CT molecular complexity index is 390. The third-order valence-electron chi connectivity index (χ3n) is 5.24. The van der Waals surface area contributed by atoms with Crippen LogP contribution in [0.4, 0.5) is 0 Å². The molecule has 0 radical (unpaired) electrons. The van der Waals surface area contributed by atoms with Crippen LogP contribution in [0.15, 0.2) is 30.3 Å². The maximum atomic E-state index is 6.11.